The number of para-hydroxylation sites is 2. The Labute approximate surface area is 140 Å². The highest BCUT2D eigenvalue weighted by Crippen LogP contribution is 2.24. The predicted molar refractivity (Wildman–Crippen MR) is 102 cm³/mol. The Balaban J connectivity index is 2.25. The van der Waals surface area contributed by atoms with Crippen molar-refractivity contribution in [3.05, 3.63) is 70.4 Å². The van der Waals surface area contributed by atoms with Gasteiger partial charge in [0.1, 0.15) is 0 Å². The number of aliphatic imine (C=N–C) groups is 1. The quantitative estimate of drug-likeness (QED) is 0.685. The first kappa shape index (κ1) is 17.0. The van der Waals surface area contributed by atoms with E-state index >= 15 is 0 Å². The van der Waals surface area contributed by atoms with Gasteiger partial charge in [0.2, 0.25) is 0 Å². The van der Waals surface area contributed by atoms with E-state index in [0.717, 1.165) is 17.1 Å². The number of allylic oxidation sites excluding steroid dienone is 2. The van der Waals surface area contributed by atoms with E-state index in [1.807, 2.05) is 6.92 Å². The van der Waals surface area contributed by atoms with Gasteiger partial charge in [-0.15, -0.1) is 0 Å². The van der Waals surface area contributed by atoms with Crippen molar-refractivity contribution in [1.29, 1.82) is 0 Å². The Morgan fingerprint density at radius 3 is 1.83 bits per heavy atom. The number of hydrogen-bond donors (Lipinski definition) is 1. The molecule has 0 aliphatic rings. The summed E-state index contributed by atoms with van der Waals surface area (Å²) in [4.78, 5) is 4.78. The minimum absolute atomic E-state index is 0.999. The second-order valence-electron chi connectivity index (χ2n) is 6.21. The maximum absolute atomic E-state index is 4.78. The zero-order valence-electron chi connectivity index (χ0n) is 15.0. The van der Waals surface area contributed by atoms with Crippen LogP contribution in [0.5, 0.6) is 0 Å². The molecule has 0 aliphatic heterocycles. The molecule has 0 bridgehead atoms. The summed E-state index contributed by atoms with van der Waals surface area (Å²) in [5.74, 6) is 0. The van der Waals surface area contributed by atoms with E-state index in [0.29, 0.717) is 0 Å². The van der Waals surface area contributed by atoms with Gasteiger partial charge >= 0.3 is 0 Å². The van der Waals surface area contributed by atoms with Gasteiger partial charge in [-0.3, -0.25) is 4.99 Å². The van der Waals surface area contributed by atoms with Crippen LogP contribution in [0.1, 0.15) is 36.1 Å². The fourth-order valence-corrected chi connectivity index (χ4v) is 2.75. The number of benzene rings is 2. The van der Waals surface area contributed by atoms with E-state index in [4.69, 9.17) is 4.99 Å². The maximum Gasteiger partial charge on any atom is 0.0691 e. The van der Waals surface area contributed by atoms with Crippen molar-refractivity contribution in [3.8, 4) is 0 Å². The summed E-state index contributed by atoms with van der Waals surface area (Å²) in [5, 5.41) is 3.50. The minimum Gasteiger partial charge on any atom is -0.359 e. The summed E-state index contributed by atoms with van der Waals surface area (Å²) in [6.45, 7) is 12.6. The van der Waals surface area contributed by atoms with Crippen LogP contribution in [0.2, 0.25) is 0 Å². The SMILES string of the molecule is CC(/C=C(\C)Nc1c(C)cccc1C)=Nc1c(C)cccc1C. The largest absolute Gasteiger partial charge is 0.359 e. The van der Waals surface area contributed by atoms with E-state index in [-0.39, 0.29) is 0 Å². The average Bonchev–Trinajstić information content (AvgIpc) is 2.47. The summed E-state index contributed by atoms with van der Waals surface area (Å²) < 4.78 is 0. The molecule has 0 saturated heterocycles. The minimum atomic E-state index is 0.999. The zero-order chi connectivity index (χ0) is 17.0. The van der Waals surface area contributed by atoms with Gasteiger partial charge in [0.05, 0.1) is 5.69 Å². The highest BCUT2D eigenvalue weighted by molar-refractivity contribution is 5.96. The fraction of sp³-hybridized carbons (Fsp3) is 0.286. The summed E-state index contributed by atoms with van der Waals surface area (Å²) in [6.07, 6.45) is 2.10. The van der Waals surface area contributed by atoms with E-state index < -0.39 is 0 Å². The van der Waals surface area contributed by atoms with Crippen LogP contribution in [0.4, 0.5) is 11.4 Å². The number of aryl methyl sites for hydroxylation is 4. The standard InChI is InChI=1S/C21H26N2/c1-14-9-7-10-15(2)20(14)22-18(5)13-19(6)23-21-16(3)11-8-12-17(21)4/h7-13,22H,1-6H3/b18-13+,23-19?. The molecule has 2 aromatic rings. The van der Waals surface area contributed by atoms with Gasteiger partial charge in [-0.2, -0.15) is 0 Å². The van der Waals surface area contributed by atoms with Crippen LogP contribution in [-0.4, -0.2) is 5.71 Å². The molecule has 0 spiro atoms. The molecule has 0 saturated carbocycles. The van der Waals surface area contributed by atoms with E-state index in [9.17, 15) is 0 Å². The lowest BCUT2D eigenvalue weighted by Gasteiger charge is -2.13. The molecule has 0 aromatic heterocycles. The fourth-order valence-electron chi connectivity index (χ4n) is 2.75. The van der Waals surface area contributed by atoms with Crippen LogP contribution >= 0.6 is 0 Å². The smallest absolute Gasteiger partial charge is 0.0691 e. The molecule has 0 atom stereocenters. The molecule has 0 heterocycles. The molecule has 2 nitrogen and oxygen atoms in total. The molecular weight excluding hydrogens is 280 g/mol. The second-order valence-corrected chi connectivity index (χ2v) is 6.21. The van der Waals surface area contributed by atoms with Gasteiger partial charge in [0.15, 0.2) is 0 Å². The first-order chi connectivity index (χ1) is 10.9. The van der Waals surface area contributed by atoms with Crippen molar-refractivity contribution in [2.24, 2.45) is 4.99 Å². The van der Waals surface area contributed by atoms with Gasteiger partial charge in [-0.1, -0.05) is 36.4 Å². The summed E-state index contributed by atoms with van der Waals surface area (Å²) in [7, 11) is 0. The molecule has 23 heavy (non-hydrogen) atoms. The van der Waals surface area contributed by atoms with Crippen molar-refractivity contribution in [2.45, 2.75) is 41.5 Å². The lowest BCUT2D eigenvalue weighted by Crippen LogP contribution is -2.02. The predicted octanol–water partition coefficient (Wildman–Crippen LogP) is 6.03. The summed E-state index contributed by atoms with van der Waals surface area (Å²) in [6, 6.07) is 12.6. The average molecular weight is 306 g/mol. The molecular formula is C21H26N2. The Hall–Kier alpha value is -2.35. The third-order valence-electron chi connectivity index (χ3n) is 3.96. The molecule has 2 aromatic carbocycles. The molecule has 0 fully saturated rings. The number of hydrogen-bond acceptors (Lipinski definition) is 2. The highest BCUT2D eigenvalue weighted by Gasteiger charge is 2.03. The monoisotopic (exact) mass is 306 g/mol. The van der Waals surface area contributed by atoms with Crippen LogP contribution in [0, 0.1) is 27.7 Å². The molecule has 0 aliphatic carbocycles. The van der Waals surface area contributed by atoms with Crippen molar-refractivity contribution >= 4 is 17.1 Å². The number of rotatable bonds is 4. The summed E-state index contributed by atoms with van der Waals surface area (Å²) >= 11 is 0. The first-order valence-corrected chi connectivity index (χ1v) is 8.01. The second kappa shape index (κ2) is 7.28. The van der Waals surface area contributed by atoms with Crippen LogP contribution in [0.25, 0.3) is 0 Å². The Morgan fingerprint density at radius 2 is 1.30 bits per heavy atom. The van der Waals surface area contributed by atoms with E-state index in [1.165, 1.54) is 27.9 Å². The molecule has 1 N–H and O–H groups in total. The van der Waals surface area contributed by atoms with Crippen LogP contribution in [-0.2, 0) is 0 Å². The maximum atomic E-state index is 4.78. The van der Waals surface area contributed by atoms with Crippen molar-refractivity contribution < 1.29 is 0 Å². The van der Waals surface area contributed by atoms with Crippen LogP contribution in [0.3, 0.4) is 0 Å². The van der Waals surface area contributed by atoms with Crippen LogP contribution in [0.15, 0.2) is 53.2 Å². The highest BCUT2D eigenvalue weighted by atomic mass is 14.9. The molecule has 0 radical (unpaired) electrons. The summed E-state index contributed by atoms with van der Waals surface area (Å²) in [5.41, 5.74) is 9.26. The van der Waals surface area contributed by atoms with Crippen LogP contribution < -0.4 is 5.32 Å². The van der Waals surface area contributed by atoms with E-state index in [2.05, 4.69) is 82.4 Å². The molecule has 120 valence electrons. The third-order valence-corrected chi connectivity index (χ3v) is 3.96. The molecule has 2 heteroatoms. The topological polar surface area (TPSA) is 24.4 Å². The van der Waals surface area contributed by atoms with Gasteiger partial charge in [0.25, 0.3) is 0 Å². The zero-order valence-corrected chi connectivity index (χ0v) is 15.0. The normalized spacial score (nSPS) is 12.4. The van der Waals surface area contributed by atoms with Crippen molar-refractivity contribution in [2.75, 3.05) is 5.32 Å². The van der Waals surface area contributed by atoms with E-state index in [1.54, 1.807) is 0 Å². The number of anilines is 1. The lowest BCUT2D eigenvalue weighted by molar-refractivity contribution is 1.29. The Kier molecular flexibility index (Phi) is 5.38. The van der Waals surface area contributed by atoms with Crippen molar-refractivity contribution in [3.63, 3.8) is 0 Å². The molecule has 0 unspecified atom stereocenters. The Morgan fingerprint density at radius 1 is 0.826 bits per heavy atom. The molecule has 2 rings (SSSR count). The van der Waals surface area contributed by atoms with Gasteiger partial charge in [0, 0.05) is 17.1 Å². The van der Waals surface area contributed by atoms with Crippen molar-refractivity contribution in [1.82, 2.24) is 0 Å². The molecule has 0 amide bonds. The third kappa shape index (κ3) is 4.32. The van der Waals surface area contributed by atoms with Gasteiger partial charge < -0.3 is 5.32 Å². The number of nitrogens with zero attached hydrogens (tertiary/aromatic N) is 1. The number of nitrogens with one attached hydrogen (secondary N) is 1. The lowest BCUT2D eigenvalue weighted by atomic mass is 10.1. The van der Waals surface area contributed by atoms with Gasteiger partial charge in [-0.25, -0.2) is 0 Å². The Bertz CT molecular complexity index is 727. The first-order valence-electron chi connectivity index (χ1n) is 8.01. The van der Waals surface area contributed by atoms with Gasteiger partial charge in [-0.05, 0) is 69.9 Å².